The summed E-state index contributed by atoms with van der Waals surface area (Å²) in [5.74, 6) is 0. The number of sulfonamides is 1. The molecule has 24 heavy (non-hydrogen) atoms. The Morgan fingerprint density at radius 1 is 1.12 bits per heavy atom. The number of carbonyl (C=O) groups is 1. The number of urea groups is 1. The number of nitrogens with zero attached hydrogens (tertiary/aromatic N) is 1. The number of benzene rings is 1. The van der Waals surface area contributed by atoms with Gasteiger partial charge >= 0.3 is 6.03 Å². The minimum absolute atomic E-state index is 0.0693. The van der Waals surface area contributed by atoms with Crippen molar-refractivity contribution in [2.75, 3.05) is 6.54 Å². The van der Waals surface area contributed by atoms with Crippen LogP contribution in [-0.2, 0) is 16.4 Å². The molecule has 0 saturated heterocycles. The van der Waals surface area contributed by atoms with Crippen molar-refractivity contribution in [1.82, 2.24) is 15.0 Å². The number of aromatic nitrogens is 1. The van der Waals surface area contributed by atoms with Crippen LogP contribution < -0.4 is 10.0 Å². The van der Waals surface area contributed by atoms with Gasteiger partial charge in [0.15, 0.2) is 0 Å². The zero-order chi connectivity index (χ0) is 17.4. The third-order valence-corrected chi connectivity index (χ3v) is 4.81. The Morgan fingerprint density at radius 2 is 1.88 bits per heavy atom. The molecule has 0 radical (unpaired) electrons. The Morgan fingerprint density at radius 3 is 2.54 bits per heavy atom. The molecule has 0 unspecified atom stereocenters. The number of hydrogen-bond acceptors (Lipinski definition) is 4. The maximum absolute atomic E-state index is 12.0. The van der Waals surface area contributed by atoms with Crippen molar-refractivity contribution in [3.05, 3.63) is 59.9 Å². The molecule has 7 heteroatoms. The number of carbonyl (C=O) groups excluding carboxylic acids is 1. The minimum Gasteiger partial charge on any atom is -0.337 e. The highest BCUT2D eigenvalue weighted by atomic mass is 32.2. The number of rotatable bonds is 7. The second kappa shape index (κ2) is 8.44. The standard InChI is InChI=1S/C17H21N3O3S/c1-14-7-9-16(10-8-14)24(22,23)20-17(21)19-12-3-2-5-15-6-4-11-18-13-15/h4,6-11,13H,2-3,5,12H2,1H3,(H2,19,20,21). The van der Waals surface area contributed by atoms with Gasteiger partial charge in [0.2, 0.25) is 0 Å². The summed E-state index contributed by atoms with van der Waals surface area (Å²) in [4.78, 5) is 15.8. The summed E-state index contributed by atoms with van der Waals surface area (Å²) >= 11 is 0. The molecule has 0 atom stereocenters. The molecule has 128 valence electrons. The third-order valence-electron chi connectivity index (χ3n) is 3.46. The average Bonchev–Trinajstić information content (AvgIpc) is 2.55. The molecule has 0 spiro atoms. The molecule has 0 bridgehead atoms. The van der Waals surface area contributed by atoms with E-state index in [2.05, 4.69) is 10.3 Å². The number of hydrogen-bond donors (Lipinski definition) is 2. The quantitative estimate of drug-likeness (QED) is 0.753. The van der Waals surface area contributed by atoms with Gasteiger partial charge in [-0.15, -0.1) is 0 Å². The van der Waals surface area contributed by atoms with Crippen molar-refractivity contribution in [3.8, 4) is 0 Å². The summed E-state index contributed by atoms with van der Waals surface area (Å²) in [5.41, 5.74) is 2.09. The van der Waals surface area contributed by atoms with Crippen molar-refractivity contribution < 1.29 is 13.2 Å². The lowest BCUT2D eigenvalue weighted by molar-refractivity contribution is 0.245. The molecule has 2 amide bonds. The average molecular weight is 347 g/mol. The van der Waals surface area contributed by atoms with Gasteiger partial charge in [0.1, 0.15) is 0 Å². The summed E-state index contributed by atoms with van der Waals surface area (Å²) in [6.07, 6.45) is 6.06. The highest BCUT2D eigenvalue weighted by Gasteiger charge is 2.16. The first-order valence-corrected chi connectivity index (χ1v) is 9.22. The molecule has 1 aromatic carbocycles. The van der Waals surface area contributed by atoms with Crippen molar-refractivity contribution in [2.24, 2.45) is 0 Å². The first-order chi connectivity index (χ1) is 11.5. The molecule has 0 aliphatic carbocycles. The maximum Gasteiger partial charge on any atom is 0.328 e. The van der Waals surface area contributed by atoms with Gasteiger partial charge in [-0.05, 0) is 49.9 Å². The van der Waals surface area contributed by atoms with Crippen LogP contribution >= 0.6 is 0 Å². The molecule has 0 saturated carbocycles. The normalized spacial score (nSPS) is 11.0. The molecule has 6 nitrogen and oxygen atoms in total. The van der Waals surface area contributed by atoms with Gasteiger partial charge in [0.05, 0.1) is 4.90 Å². The Labute approximate surface area is 142 Å². The lowest BCUT2D eigenvalue weighted by atomic mass is 10.1. The minimum atomic E-state index is -3.83. The van der Waals surface area contributed by atoms with Crippen LogP contribution in [0.1, 0.15) is 24.0 Å². The van der Waals surface area contributed by atoms with Crippen LogP contribution in [0.5, 0.6) is 0 Å². The van der Waals surface area contributed by atoms with Gasteiger partial charge in [0.25, 0.3) is 10.0 Å². The molecule has 1 heterocycles. The zero-order valence-electron chi connectivity index (χ0n) is 13.5. The summed E-state index contributed by atoms with van der Waals surface area (Å²) in [7, 11) is -3.83. The SMILES string of the molecule is Cc1ccc(S(=O)(=O)NC(=O)NCCCCc2cccnc2)cc1. The van der Waals surface area contributed by atoms with Crippen LogP contribution in [0.2, 0.25) is 0 Å². The van der Waals surface area contributed by atoms with E-state index in [1.54, 1.807) is 18.3 Å². The molecular formula is C17H21N3O3S. The van der Waals surface area contributed by atoms with Gasteiger partial charge in [-0.25, -0.2) is 17.9 Å². The van der Waals surface area contributed by atoms with E-state index in [1.165, 1.54) is 12.1 Å². The van der Waals surface area contributed by atoms with Crippen molar-refractivity contribution in [1.29, 1.82) is 0 Å². The molecule has 2 rings (SSSR count). The summed E-state index contributed by atoms with van der Waals surface area (Å²) in [6, 6.07) is 9.49. The van der Waals surface area contributed by atoms with Gasteiger partial charge < -0.3 is 5.32 Å². The molecular weight excluding hydrogens is 326 g/mol. The molecule has 0 aliphatic heterocycles. The summed E-state index contributed by atoms with van der Waals surface area (Å²) < 4.78 is 26.1. The van der Waals surface area contributed by atoms with Gasteiger partial charge in [-0.3, -0.25) is 4.98 Å². The van der Waals surface area contributed by atoms with E-state index in [4.69, 9.17) is 0 Å². The van der Waals surface area contributed by atoms with Crippen LogP contribution in [0.15, 0.2) is 53.7 Å². The number of aryl methyl sites for hydroxylation is 2. The molecule has 2 aromatic rings. The molecule has 2 N–H and O–H groups in total. The smallest absolute Gasteiger partial charge is 0.328 e. The Balaban J connectivity index is 1.72. The van der Waals surface area contributed by atoms with Gasteiger partial charge in [-0.1, -0.05) is 23.8 Å². The zero-order valence-corrected chi connectivity index (χ0v) is 14.3. The Kier molecular flexibility index (Phi) is 6.31. The van der Waals surface area contributed by atoms with E-state index >= 15 is 0 Å². The fourth-order valence-electron chi connectivity index (χ4n) is 2.14. The highest BCUT2D eigenvalue weighted by Crippen LogP contribution is 2.09. The van der Waals surface area contributed by atoms with Crippen LogP contribution in [0.3, 0.4) is 0 Å². The van der Waals surface area contributed by atoms with Crippen LogP contribution in [0.25, 0.3) is 0 Å². The highest BCUT2D eigenvalue weighted by molar-refractivity contribution is 7.90. The largest absolute Gasteiger partial charge is 0.337 e. The maximum atomic E-state index is 12.0. The van der Waals surface area contributed by atoms with E-state index in [1.807, 2.05) is 30.0 Å². The topological polar surface area (TPSA) is 88.2 Å². The Bertz CT molecular complexity index is 759. The van der Waals surface area contributed by atoms with Crippen molar-refractivity contribution in [3.63, 3.8) is 0 Å². The fourth-order valence-corrected chi connectivity index (χ4v) is 3.06. The predicted molar refractivity (Wildman–Crippen MR) is 92.1 cm³/mol. The van der Waals surface area contributed by atoms with E-state index in [0.29, 0.717) is 6.54 Å². The monoisotopic (exact) mass is 347 g/mol. The van der Waals surface area contributed by atoms with E-state index in [-0.39, 0.29) is 4.90 Å². The van der Waals surface area contributed by atoms with Gasteiger partial charge in [-0.2, -0.15) is 0 Å². The molecule has 0 fully saturated rings. The van der Waals surface area contributed by atoms with Gasteiger partial charge in [0, 0.05) is 18.9 Å². The lowest BCUT2D eigenvalue weighted by Gasteiger charge is -2.09. The van der Waals surface area contributed by atoms with Crippen molar-refractivity contribution >= 4 is 16.1 Å². The number of unbranched alkanes of at least 4 members (excludes halogenated alkanes) is 1. The molecule has 1 aromatic heterocycles. The van der Waals surface area contributed by atoms with E-state index in [9.17, 15) is 13.2 Å². The van der Waals surface area contributed by atoms with Crippen molar-refractivity contribution in [2.45, 2.75) is 31.1 Å². The number of pyridine rings is 1. The lowest BCUT2D eigenvalue weighted by Crippen LogP contribution is -2.39. The summed E-state index contributed by atoms with van der Waals surface area (Å²) in [5, 5.41) is 2.56. The molecule has 0 aliphatic rings. The first-order valence-electron chi connectivity index (χ1n) is 7.73. The number of nitrogens with one attached hydrogen (secondary N) is 2. The number of amides is 2. The predicted octanol–water partition coefficient (Wildman–Crippen LogP) is 2.40. The second-order valence-corrected chi connectivity index (χ2v) is 7.18. The van der Waals surface area contributed by atoms with E-state index in [0.717, 1.165) is 30.4 Å². The Hall–Kier alpha value is -2.41. The van der Waals surface area contributed by atoms with E-state index < -0.39 is 16.1 Å². The van der Waals surface area contributed by atoms with Crippen LogP contribution in [-0.4, -0.2) is 26.0 Å². The fraction of sp³-hybridized carbons (Fsp3) is 0.294. The van der Waals surface area contributed by atoms with Crippen LogP contribution in [0.4, 0.5) is 4.79 Å². The third kappa shape index (κ3) is 5.66. The first kappa shape index (κ1) is 17.9. The van der Waals surface area contributed by atoms with Crippen LogP contribution in [0, 0.1) is 6.92 Å². The summed E-state index contributed by atoms with van der Waals surface area (Å²) in [6.45, 7) is 2.28. The second-order valence-electron chi connectivity index (χ2n) is 5.49.